The number of aliphatic imine (C=N–C) groups is 2. The molecule has 3 heterocycles. The van der Waals surface area contributed by atoms with Crippen LogP contribution in [0.25, 0.3) is 0 Å². The van der Waals surface area contributed by atoms with Crippen LogP contribution in [0.5, 0.6) is 0 Å². The van der Waals surface area contributed by atoms with Gasteiger partial charge in [0.05, 0.1) is 34.2 Å². The normalized spacial score (nSPS) is 12.5. The fourth-order valence-electron chi connectivity index (χ4n) is 3.32. The molecule has 0 aliphatic carbocycles. The van der Waals surface area contributed by atoms with Crippen LogP contribution in [-0.2, 0) is 12.8 Å². The number of rotatable bonds is 2. The lowest BCUT2D eigenvalue weighted by Gasteiger charge is -2.04. The summed E-state index contributed by atoms with van der Waals surface area (Å²) in [6, 6.07) is 22.7. The Balaban J connectivity index is 0.000000493. The molecule has 0 fully saturated rings. The minimum Gasteiger partial charge on any atom is -0.251 e. The van der Waals surface area contributed by atoms with Gasteiger partial charge in [0.2, 0.25) is 0 Å². The number of nitrogens with zero attached hydrogens (tertiary/aromatic N) is 3. The summed E-state index contributed by atoms with van der Waals surface area (Å²) in [4.78, 5) is 14.3. The Hall–Kier alpha value is -3.07. The van der Waals surface area contributed by atoms with E-state index in [0.29, 0.717) is 0 Å². The van der Waals surface area contributed by atoms with Crippen molar-refractivity contribution in [3.63, 3.8) is 0 Å². The molecular formula is C27H33N3. The van der Waals surface area contributed by atoms with Gasteiger partial charge in [0, 0.05) is 12.8 Å². The Bertz CT molecular complexity index is 937. The van der Waals surface area contributed by atoms with Crippen molar-refractivity contribution in [2.24, 2.45) is 9.98 Å². The van der Waals surface area contributed by atoms with Gasteiger partial charge in [-0.15, -0.1) is 0 Å². The van der Waals surface area contributed by atoms with E-state index < -0.39 is 0 Å². The van der Waals surface area contributed by atoms with Gasteiger partial charge in [0.25, 0.3) is 0 Å². The Morgan fingerprint density at radius 2 is 0.900 bits per heavy atom. The van der Waals surface area contributed by atoms with E-state index in [-0.39, 0.29) is 0 Å². The summed E-state index contributed by atoms with van der Waals surface area (Å²) in [6.07, 6.45) is 1.69. The molecule has 0 bridgehead atoms. The molecule has 2 aliphatic rings. The Morgan fingerprint density at radius 1 is 0.500 bits per heavy atom. The Kier molecular flexibility index (Phi) is 9.14. The molecule has 2 aromatic carbocycles. The number of aromatic nitrogens is 1. The van der Waals surface area contributed by atoms with Crippen LogP contribution in [0.15, 0.2) is 76.7 Å². The largest absolute Gasteiger partial charge is 0.251 e. The van der Waals surface area contributed by atoms with Crippen LogP contribution >= 0.6 is 0 Å². The first-order valence-electron chi connectivity index (χ1n) is 11.2. The lowest BCUT2D eigenvalue weighted by Crippen LogP contribution is -2.09. The SMILES string of the molecule is CC.CC.CC.c1cc(C2=Nc3ccccc3C2)nc(C2=Nc3ccccc3C2)c1. The summed E-state index contributed by atoms with van der Waals surface area (Å²) in [5.74, 6) is 0. The number of hydrogen-bond donors (Lipinski definition) is 0. The molecule has 3 aromatic rings. The number of pyridine rings is 1. The number of benzene rings is 2. The summed E-state index contributed by atoms with van der Waals surface area (Å²) < 4.78 is 0. The molecule has 1 aromatic heterocycles. The average molecular weight is 400 g/mol. The molecule has 30 heavy (non-hydrogen) atoms. The van der Waals surface area contributed by atoms with Crippen molar-refractivity contribution in [2.75, 3.05) is 0 Å². The van der Waals surface area contributed by atoms with E-state index in [1.165, 1.54) is 11.1 Å². The predicted molar refractivity (Wildman–Crippen MR) is 131 cm³/mol. The van der Waals surface area contributed by atoms with Crippen LogP contribution in [0.1, 0.15) is 64.1 Å². The van der Waals surface area contributed by atoms with Crippen molar-refractivity contribution in [1.29, 1.82) is 0 Å². The second kappa shape index (κ2) is 11.8. The third-order valence-corrected chi connectivity index (χ3v) is 4.55. The first-order valence-corrected chi connectivity index (χ1v) is 11.2. The van der Waals surface area contributed by atoms with Crippen LogP contribution in [0, 0.1) is 0 Å². The fraction of sp³-hybridized carbons (Fsp3) is 0.296. The van der Waals surface area contributed by atoms with Gasteiger partial charge in [-0.3, -0.25) is 9.98 Å². The van der Waals surface area contributed by atoms with Gasteiger partial charge in [-0.05, 0) is 35.4 Å². The van der Waals surface area contributed by atoms with E-state index in [9.17, 15) is 0 Å². The molecule has 0 saturated carbocycles. The predicted octanol–water partition coefficient (Wildman–Crippen LogP) is 7.51. The van der Waals surface area contributed by atoms with Crippen molar-refractivity contribution in [3.8, 4) is 0 Å². The summed E-state index contributed by atoms with van der Waals surface area (Å²) in [6.45, 7) is 12.0. The molecule has 0 radical (unpaired) electrons. The maximum Gasteiger partial charge on any atom is 0.0856 e. The molecule has 0 saturated heterocycles. The van der Waals surface area contributed by atoms with Gasteiger partial charge in [-0.25, -0.2) is 4.98 Å². The molecule has 3 heteroatoms. The zero-order valence-electron chi connectivity index (χ0n) is 19.1. The maximum atomic E-state index is 4.84. The van der Waals surface area contributed by atoms with Crippen molar-refractivity contribution in [3.05, 3.63) is 89.2 Å². The molecule has 0 unspecified atom stereocenters. The summed E-state index contributed by atoms with van der Waals surface area (Å²) in [7, 11) is 0. The Morgan fingerprint density at radius 3 is 1.30 bits per heavy atom. The topological polar surface area (TPSA) is 37.6 Å². The van der Waals surface area contributed by atoms with Crippen molar-refractivity contribution >= 4 is 22.8 Å². The summed E-state index contributed by atoms with van der Waals surface area (Å²) in [5.41, 5.74) is 8.62. The van der Waals surface area contributed by atoms with E-state index in [1.54, 1.807) is 0 Å². The summed E-state index contributed by atoms with van der Waals surface area (Å²) in [5, 5.41) is 0. The monoisotopic (exact) mass is 399 g/mol. The quantitative estimate of drug-likeness (QED) is 0.439. The van der Waals surface area contributed by atoms with E-state index in [2.05, 4.69) is 42.5 Å². The second-order valence-electron chi connectivity index (χ2n) is 6.14. The molecule has 2 aliphatic heterocycles. The highest BCUT2D eigenvalue weighted by Crippen LogP contribution is 2.29. The highest BCUT2D eigenvalue weighted by Gasteiger charge is 2.19. The van der Waals surface area contributed by atoms with Crippen molar-refractivity contribution in [1.82, 2.24) is 4.98 Å². The molecule has 0 N–H and O–H groups in total. The number of fused-ring (bicyclic) bond motifs is 2. The van der Waals surface area contributed by atoms with Crippen LogP contribution < -0.4 is 0 Å². The number of hydrogen-bond acceptors (Lipinski definition) is 3. The van der Waals surface area contributed by atoms with E-state index in [0.717, 1.165) is 47.0 Å². The van der Waals surface area contributed by atoms with Gasteiger partial charge in [0.15, 0.2) is 0 Å². The molecule has 5 rings (SSSR count). The van der Waals surface area contributed by atoms with Gasteiger partial charge in [-0.1, -0.05) is 84.0 Å². The maximum absolute atomic E-state index is 4.84. The van der Waals surface area contributed by atoms with Crippen LogP contribution in [-0.4, -0.2) is 16.4 Å². The zero-order chi connectivity index (χ0) is 21.9. The highest BCUT2D eigenvalue weighted by atomic mass is 14.9. The van der Waals surface area contributed by atoms with E-state index in [1.807, 2.05) is 65.8 Å². The third-order valence-electron chi connectivity index (χ3n) is 4.55. The van der Waals surface area contributed by atoms with Gasteiger partial charge in [0.1, 0.15) is 0 Å². The van der Waals surface area contributed by atoms with Crippen LogP contribution in [0.4, 0.5) is 11.4 Å². The zero-order valence-corrected chi connectivity index (χ0v) is 19.1. The first kappa shape index (κ1) is 23.2. The average Bonchev–Trinajstić information content (AvgIpc) is 3.47. The molecule has 0 amide bonds. The van der Waals surface area contributed by atoms with Gasteiger partial charge in [-0.2, -0.15) is 0 Å². The first-order chi connectivity index (χ1) is 14.9. The minimum absolute atomic E-state index is 0.847. The Labute approximate surface area is 181 Å². The third kappa shape index (κ3) is 5.10. The smallest absolute Gasteiger partial charge is 0.0856 e. The molecule has 156 valence electrons. The van der Waals surface area contributed by atoms with Crippen LogP contribution in [0.2, 0.25) is 0 Å². The number of para-hydroxylation sites is 2. The molecule has 0 spiro atoms. The molecule has 0 atom stereocenters. The van der Waals surface area contributed by atoms with Gasteiger partial charge < -0.3 is 0 Å². The van der Waals surface area contributed by atoms with Gasteiger partial charge >= 0.3 is 0 Å². The minimum atomic E-state index is 0.847. The summed E-state index contributed by atoms with van der Waals surface area (Å²) >= 11 is 0. The standard InChI is InChI=1S/C21H15N3.3C2H6/c1-3-8-16-14(6-1)12-20(22-16)18-10-5-11-19(24-18)21-13-15-7-2-4-9-17(15)23-21;3*1-2/h1-11H,12-13H2;3*1-2H3. The molecular weight excluding hydrogens is 366 g/mol. The van der Waals surface area contributed by atoms with E-state index in [4.69, 9.17) is 15.0 Å². The second-order valence-corrected chi connectivity index (χ2v) is 6.14. The lowest BCUT2D eigenvalue weighted by atomic mass is 10.1. The highest BCUT2D eigenvalue weighted by molar-refractivity contribution is 6.08. The fourth-order valence-corrected chi connectivity index (χ4v) is 3.32. The van der Waals surface area contributed by atoms with Crippen molar-refractivity contribution in [2.45, 2.75) is 54.4 Å². The van der Waals surface area contributed by atoms with Crippen LogP contribution in [0.3, 0.4) is 0 Å². The van der Waals surface area contributed by atoms with Crippen molar-refractivity contribution < 1.29 is 0 Å². The lowest BCUT2D eigenvalue weighted by molar-refractivity contribution is 1.22. The van der Waals surface area contributed by atoms with E-state index >= 15 is 0 Å². The molecule has 3 nitrogen and oxygen atoms in total.